The molecule has 0 amide bonds. The average Bonchev–Trinajstić information content (AvgIpc) is 3.26. The molecule has 180 valence electrons. The minimum atomic E-state index is 0.0246. The fraction of sp³-hybridized carbons (Fsp3) is 0.444. The number of hydrogen-bond donors (Lipinski definition) is 1. The fourth-order valence-electron chi connectivity index (χ4n) is 6.00. The van der Waals surface area contributed by atoms with Crippen molar-refractivity contribution in [1.82, 2.24) is 14.9 Å². The number of rotatable bonds is 3. The molecule has 0 aliphatic carbocycles. The Bertz CT molecular complexity index is 1360. The first kappa shape index (κ1) is 21.1. The Morgan fingerprint density at radius 2 is 2.06 bits per heavy atom. The Morgan fingerprint density at radius 1 is 1.17 bits per heavy atom. The summed E-state index contributed by atoms with van der Waals surface area (Å²) in [5.41, 5.74) is 10.8. The maximum atomic E-state index is 9.57. The normalized spacial score (nSPS) is 26.9. The van der Waals surface area contributed by atoms with Crippen LogP contribution in [0.15, 0.2) is 42.6 Å². The number of nitrogens with zero attached hydrogens (tertiary/aromatic N) is 6. The number of fused-ring (bicyclic) bond motifs is 4. The maximum Gasteiger partial charge on any atom is 0.128 e. The number of benzene rings is 1. The SMILES string of the molecule is [2H]c1ccc2c(N3C[C@@H](C)N4Cc5nc(N6CC[C@@H](N)[C@H](OC)C6)ccc5[C@@H]4C3)ccc(C#N)c2n1. The van der Waals surface area contributed by atoms with E-state index in [0.29, 0.717) is 17.1 Å². The highest BCUT2D eigenvalue weighted by Gasteiger charge is 2.40. The summed E-state index contributed by atoms with van der Waals surface area (Å²) in [6.45, 7) is 6.49. The van der Waals surface area contributed by atoms with Gasteiger partial charge in [0.2, 0.25) is 0 Å². The number of nitrogens with two attached hydrogens (primary N) is 1. The number of aromatic nitrogens is 2. The molecule has 1 aromatic carbocycles. The number of ether oxygens (including phenoxy) is 1. The third kappa shape index (κ3) is 3.71. The van der Waals surface area contributed by atoms with Gasteiger partial charge in [-0.15, -0.1) is 0 Å². The molecule has 6 rings (SSSR count). The zero-order valence-corrected chi connectivity index (χ0v) is 20.2. The summed E-state index contributed by atoms with van der Waals surface area (Å²) >= 11 is 0. The quantitative estimate of drug-likeness (QED) is 0.625. The third-order valence-electron chi connectivity index (χ3n) is 7.92. The number of anilines is 2. The van der Waals surface area contributed by atoms with Gasteiger partial charge in [-0.3, -0.25) is 9.88 Å². The lowest BCUT2D eigenvalue weighted by Gasteiger charge is -2.43. The molecular formula is C27H31N7O. The van der Waals surface area contributed by atoms with E-state index in [0.717, 1.165) is 61.7 Å². The monoisotopic (exact) mass is 470 g/mol. The molecule has 3 aliphatic rings. The Hall–Kier alpha value is -3.25. The predicted molar refractivity (Wildman–Crippen MR) is 136 cm³/mol. The molecule has 8 heteroatoms. The van der Waals surface area contributed by atoms with Crippen LogP contribution in [0.3, 0.4) is 0 Å². The maximum absolute atomic E-state index is 9.57. The number of piperazine rings is 1. The Balaban J connectivity index is 1.30. The average molecular weight is 471 g/mol. The number of piperidine rings is 1. The summed E-state index contributed by atoms with van der Waals surface area (Å²) < 4.78 is 13.5. The smallest absolute Gasteiger partial charge is 0.128 e. The van der Waals surface area contributed by atoms with Crippen molar-refractivity contribution in [3.05, 3.63) is 59.4 Å². The van der Waals surface area contributed by atoms with Gasteiger partial charge in [0.05, 0.1) is 30.3 Å². The number of methoxy groups -OCH3 is 1. The first-order chi connectivity index (χ1) is 17.5. The number of hydrogen-bond acceptors (Lipinski definition) is 8. The highest BCUT2D eigenvalue weighted by Crippen LogP contribution is 2.41. The van der Waals surface area contributed by atoms with Gasteiger partial charge in [0.15, 0.2) is 0 Å². The van der Waals surface area contributed by atoms with Crippen LogP contribution in [-0.4, -0.2) is 66.3 Å². The van der Waals surface area contributed by atoms with Crippen molar-refractivity contribution < 1.29 is 6.11 Å². The second kappa shape index (κ2) is 8.76. The first-order valence-electron chi connectivity index (χ1n) is 12.8. The van der Waals surface area contributed by atoms with Crippen molar-refractivity contribution in [1.29, 1.82) is 5.26 Å². The summed E-state index contributed by atoms with van der Waals surface area (Å²) in [5.74, 6) is 1.00. The van der Waals surface area contributed by atoms with E-state index in [1.54, 1.807) is 13.2 Å². The van der Waals surface area contributed by atoms with Crippen LogP contribution in [0.4, 0.5) is 11.5 Å². The largest absolute Gasteiger partial charge is 0.378 e. The van der Waals surface area contributed by atoms with E-state index < -0.39 is 0 Å². The molecule has 2 aromatic heterocycles. The second-order valence-corrected chi connectivity index (χ2v) is 9.90. The molecule has 2 N–H and O–H groups in total. The summed E-state index contributed by atoms with van der Waals surface area (Å²) in [4.78, 5) is 16.7. The molecule has 2 fully saturated rings. The lowest BCUT2D eigenvalue weighted by molar-refractivity contribution is 0.0728. The highest BCUT2D eigenvalue weighted by atomic mass is 16.5. The Kier molecular flexibility index (Phi) is 5.27. The molecule has 5 heterocycles. The molecule has 2 saturated heterocycles. The summed E-state index contributed by atoms with van der Waals surface area (Å²) in [6.07, 6.45) is 1.10. The third-order valence-corrected chi connectivity index (χ3v) is 7.92. The molecule has 8 nitrogen and oxygen atoms in total. The van der Waals surface area contributed by atoms with Crippen LogP contribution in [0.5, 0.6) is 0 Å². The number of nitriles is 1. The Morgan fingerprint density at radius 3 is 2.89 bits per heavy atom. The van der Waals surface area contributed by atoms with Gasteiger partial charge in [-0.2, -0.15) is 5.26 Å². The van der Waals surface area contributed by atoms with E-state index in [2.05, 4.69) is 44.8 Å². The van der Waals surface area contributed by atoms with Gasteiger partial charge < -0.3 is 20.3 Å². The molecule has 0 saturated carbocycles. The van der Waals surface area contributed by atoms with Crippen LogP contribution in [0, 0.1) is 11.3 Å². The van der Waals surface area contributed by atoms with Gasteiger partial charge in [0.1, 0.15) is 11.9 Å². The second-order valence-electron chi connectivity index (χ2n) is 9.90. The zero-order chi connectivity index (χ0) is 25.0. The van der Waals surface area contributed by atoms with Gasteiger partial charge >= 0.3 is 0 Å². The molecule has 3 aliphatic heterocycles. The number of pyridine rings is 2. The van der Waals surface area contributed by atoms with Crippen molar-refractivity contribution in [2.45, 2.75) is 44.1 Å². The van der Waals surface area contributed by atoms with Crippen LogP contribution in [0.1, 0.15) is 37.6 Å². The molecule has 0 unspecified atom stereocenters. The topological polar surface area (TPSA) is 94.5 Å². The zero-order valence-electron chi connectivity index (χ0n) is 21.2. The van der Waals surface area contributed by atoms with Gasteiger partial charge in [-0.1, -0.05) is 6.07 Å². The molecule has 4 atom stereocenters. The van der Waals surface area contributed by atoms with E-state index in [1.165, 1.54) is 5.56 Å². The summed E-state index contributed by atoms with van der Waals surface area (Å²) in [6, 6.07) is 14.8. The van der Waals surface area contributed by atoms with Crippen molar-refractivity contribution in [3.63, 3.8) is 0 Å². The van der Waals surface area contributed by atoms with Gasteiger partial charge in [-0.05, 0) is 49.2 Å². The van der Waals surface area contributed by atoms with Gasteiger partial charge in [0.25, 0.3) is 0 Å². The molecular weight excluding hydrogens is 438 g/mol. The van der Waals surface area contributed by atoms with E-state index in [-0.39, 0.29) is 24.4 Å². The van der Waals surface area contributed by atoms with Crippen molar-refractivity contribution in [2.75, 3.05) is 43.1 Å². The standard InChI is InChI=1S/C27H31N7O/c1-17-13-33(23-7-5-18(12-28)27-20(23)4-3-10-30-27)15-24-19-6-8-26(31-22(19)14-34(17)24)32-11-9-21(29)25(16-32)35-2/h3-8,10,17,21,24-25H,9,11,13-16,29H2,1-2H3/t17-,21-,24+,25-/m1/s1/i10D. The fourth-order valence-corrected chi connectivity index (χ4v) is 6.00. The van der Waals surface area contributed by atoms with Crippen LogP contribution >= 0.6 is 0 Å². The Labute approximate surface area is 207 Å². The van der Waals surface area contributed by atoms with Crippen molar-refractivity contribution in [3.8, 4) is 6.07 Å². The van der Waals surface area contributed by atoms with E-state index >= 15 is 0 Å². The van der Waals surface area contributed by atoms with Crippen LogP contribution in [-0.2, 0) is 11.3 Å². The van der Waals surface area contributed by atoms with Crippen molar-refractivity contribution >= 4 is 22.4 Å². The van der Waals surface area contributed by atoms with Crippen LogP contribution in [0.25, 0.3) is 10.9 Å². The minimum absolute atomic E-state index is 0.0246. The molecule has 35 heavy (non-hydrogen) atoms. The van der Waals surface area contributed by atoms with E-state index in [1.807, 2.05) is 18.2 Å². The van der Waals surface area contributed by atoms with Crippen molar-refractivity contribution in [2.24, 2.45) is 5.73 Å². The lowest BCUT2D eigenvalue weighted by atomic mass is 10.0. The van der Waals surface area contributed by atoms with E-state index in [9.17, 15) is 5.26 Å². The molecule has 0 spiro atoms. The minimum Gasteiger partial charge on any atom is -0.378 e. The van der Waals surface area contributed by atoms with Crippen LogP contribution < -0.4 is 15.5 Å². The van der Waals surface area contributed by atoms with Gasteiger partial charge in [0, 0.05) is 69.2 Å². The molecule has 0 radical (unpaired) electrons. The molecule has 3 aromatic rings. The summed E-state index contributed by atoms with van der Waals surface area (Å²) in [5, 5.41) is 10.5. The van der Waals surface area contributed by atoms with E-state index in [4.69, 9.17) is 16.8 Å². The first-order valence-corrected chi connectivity index (χ1v) is 12.3. The lowest BCUT2D eigenvalue weighted by Crippen LogP contribution is -2.51. The van der Waals surface area contributed by atoms with Gasteiger partial charge in [-0.25, -0.2) is 4.98 Å². The summed E-state index contributed by atoms with van der Waals surface area (Å²) in [7, 11) is 1.73. The van der Waals surface area contributed by atoms with Crippen LogP contribution in [0.2, 0.25) is 0 Å². The molecule has 0 bridgehead atoms. The highest BCUT2D eigenvalue weighted by molar-refractivity contribution is 5.95. The predicted octanol–water partition coefficient (Wildman–Crippen LogP) is 2.82.